The van der Waals surface area contributed by atoms with Crippen molar-refractivity contribution in [3.63, 3.8) is 0 Å². The first-order chi connectivity index (χ1) is 9.20. The molecule has 1 saturated carbocycles. The molecule has 1 aromatic carbocycles. The van der Waals surface area contributed by atoms with Gasteiger partial charge >= 0.3 is 6.18 Å². The minimum atomic E-state index is -4.12. The summed E-state index contributed by atoms with van der Waals surface area (Å²) in [6, 6.07) is 6.07. The molecule has 2 unspecified atom stereocenters. The predicted octanol–water partition coefficient (Wildman–Crippen LogP) is 4.30. The fourth-order valence-corrected chi connectivity index (χ4v) is 3.21. The van der Waals surface area contributed by atoms with Crippen molar-refractivity contribution in [2.24, 2.45) is 11.7 Å². The Morgan fingerprint density at radius 1 is 1.30 bits per heavy atom. The van der Waals surface area contributed by atoms with Gasteiger partial charge in [0.15, 0.2) is 0 Å². The first-order valence-electron chi connectivity index (χ1n) is 7.11. The van der Waals surface area contributed by atoms with Gasteiger partial charge in [-0.2, -0.15) is 13.2 Å². The van der Waals surface area contributed by atoms with Gasteiger partial charge in [0.2, 0.25) is 0 Å². The van der Waals surface area contributed by atoms with E-state index in [9.17, 15) is 13.2 Å². The van der Waals surface area contributed by atoms with Crippen LogP contribution in [0, 0.1) is 19.8 Å². The zero-order valence-electron chi connectivity index (χ0n) is 12.1. The Kier molecular flexibility index (Phi) is 4.14. The second-order valence-electron chi connectivity index (χ2n) is 6.30. The third-order valence-electron chi connectivity index (χ3n) is 4.39. The minimum Gasteiger partial charge on any atom is -0.325 e. The molecule has 0 amide bonds. The molecule has 2 rings (SSSR count). The standard InChI is InChI=1S/C16H22F3N/c1-11-5-6-12(2)13(8-11)9-15(20)7-3-4-14(10-15)16(17,18)19/h5-6,8,14H,3-4,7,9-10,20H2,1-2H3. The Balaban J connectivity index is 2.16. The van der Waals surface area contributed by atoms with Crippen molar-refractivity contribution in [2.75, 3.05) is 0 Å². The van der Waals surface area contributed by atoms with Gasteiger partial charge in [-0.15, -0.1) is 0 Å². The van der Waals surface area contributed by atoms with Crippen molar-refractivity contribution in [1.29, 1.82) is 0 Å². The molecular weight excluding hydrogens is 263 g/mol. The van der Waals surface area contributed by atoms with Crippen molar-refractivity contribution >= 4 is 0 Å². The molecule has 4 heteroatoms. The summed E-state index contributed by atoms with van der Waals surface area (Å²) >= 11 is 0. The molecule has 2 atom stereocenters. The van der Waals surface area contributed by atoms with Crippen molar-refractivity contribution in [3.05, 3.63) is 34.9 Å². The van der Waals surface area contributed by atoms with Crippen LogP contribution in [0.2, 0.25) is 0 Å². The third-order valence-corrected chi connectivity index (χ3v) is 4.39. The predicted molar refractivity (Wildman–Crippen MR) is 74.6 cm³/mol. The number of rotatable bonds is 2. The van der Waals surface area contributed by atoms with Gasteiger partial charge in [0.1, 0.15) is 0 Å². The van der Waals surface area contributed by atoms with Crippen molar-refractivity contribution in [1.82, 2.24) is 0 Å². The van der Waals surface area contributed by atoms with Gasteiger partial charge in [0.25, 0.3) is 0 Å². The maximum atomic E-state index is 12.9. The second kappa shape index (κ2) is 5.40. The summed E-state index contributed by atoms with van der Waals surface area (Å²) in [6.45, 7) is 3.98. The molecule has 0 heterocycles. The lowest BCUT2D eigenvalue weighted by atomic mass is 9.72. The van der Waals surface area contributed by atoms with E-state index < -0.39 is 17.6 Å². The molecule has 112 valence electrons. The van der Waals surface area contributed by atoms with Gasteiger partial charge in [-0.05, 0) is 50.7 Å². The van der Waals surface area contributed by atoms with Crippen LogP contribution in [0.5, 0.6) is 0 Å². The molecule has 1 aromatic rings. The van der Waals surface area contributed by atoms with E-state index in [1.807, 2.05) is 32.0 Å². The fraction of sp³-hybridized carbons (Fsp3) is 0.625. The van der Waals surface area contributed by atoms with Crippen LogP contribution in [0.1, 0.15) is 42.4 Å². The average molecular weight is 285 g/mol. The summed E-state index contributed by atoms with van der Waals surface area (Å²) in [5, 5.41) is 0. The number of halogens is 3. The molecule has 1 aliphatic carbocycles. The van der Waals surface area contributed by atoms with E-state index in [0.717, 1.165) is 16.7 Å². The summed E-state index contributed by atoms with van der Waals surface area (Å²) in [5.74, 6) is -1.24. The highest BCUT2D eigenvalue weighted by atomic mass is 19.4. The highest BCUT2D eigenvalue weighted by Gasteiger charge is 2.46. The highest BCUT2D eigenvalue weighted by Crippen LogP contribution is 2.42. The molecule has 0 bridgehead atoms. The molecular formula is C16H22F3N. The van der Waals surface area contributed by atoms with Crippen molar-refractivity contribution in [2.45, 2.75) is 57.7 Å². The SMILES string of the molecule is Cc1ccc(C)c(CC2(N)CCCC(C(F)(F)F)C2)c1. The van der Waals surface area contributed by atoms with Gasteiger partial charge in [0.05, 0.1) is 5.92 Å². The van der Waals surface area contributed by atoms with Gasteiger partial charge in [-0.3, -0.25) is 0 Å². The Hall–Kier alpha value is -1.03. The van der Waals surface area contributed by atoms with E-state index >= 15 is 0 Å². The lowest BCUT2D eigenvalue weighted by Crippen LogP contribution is -2.49. The molecule has 0 radical (unpaired) electrons. The minimum absolute atomic E-state index is 0.0455. The Morgan fingerprint density at radius 3 is 2.65 bits per heavy atom. The van der Waals surface area contributed by atoms with Gasteiger partial charge in [-0.25, -0.2) is 0 Å². The van der Waals surface area contributed by atoms with Crippen LogP contribution < -0.4 is 5.73 Å². The van der Waals surface area contributed by atoms with Gasteiger partial charge in [-0.1, -0.05) is 30.2 Å². The largest absolute Gasteiger partial charge is 0.391 e. The van der Waals surface area contributed by atoms with E-state index in [2.05, 4.69) is 0 Å². The van der Waals surface area contributed by atoms with E-state index in [4.69, 9.17) is 5.73 Å². The number of hydrogen-bond donors (Lipinski definition) is 1. The molecule has 1 aliphatic rings. The topological polar surface area (TPSA) is 26.0 Å². The van der Waals surface area contributed by atoms with E-state index in [1.54, 1.807) is 0 Å². The molecule has 20 heavy (non-hydrogen) atoms. The van der Waals surface area contributed by atoms with Crippen LogP contribution >= 0.6 is 0 Å². The lowest BCUT2D eigenvalue weighted by Gasteiger charge is -2.39. The molecule has 0 spiro atoms. The summed E-state index contributed by atoms with van der Waals surface area (Å²) in [5.41, 5.74) is 8.88. The summed E-state index contributed by atoms with van der Waals surface area (Å²) in [6.07, 6.45) is -2.09. The number of hydrogen-bond acceptors (Lipinski definition) is 1. The van der Waals surface area contributed by atoms with Gasteiger partial charge < -0.3 is 5.73 Å². The second-order valence-corrected chi connectivity index (χ2v) is 6.30. The summed E-state index contributed by atoms with van der Waals surface area (Å²) < 4.78 is 38.7. The fourth-order valence-electron chi connectivity index (χ4n) is 3.21. The van der Waals surface area contributed by atoms with Crippen molar-refractivity contribution < 1.29 is 13.2 Å². The quantitative estimate of drug-likeness (QED) is 0.861. The van der Waals surface area contributed by atoms with E-state index in [-0.39, 0.29) is 12.8 Å². The molecule has 0 aliphatic heterocycles. The Labute approximate surface area is 118 Å². The number of benzene rings is 1. The van der Waals surface area contributed by atoms with E-state index in [0.29, 0.717) is 19.3 Å². The number of nitrogens with two attached hydrogens (primary N) is 1. The zero-order valence-corrected chi connectivity index (χ0v) is 12.1. The number of alkyl halides is 3. The van der Waals surface area contributed by atoms with Crippen LogP contribution in [-0.2, 0) is 6.42 Å². The molecule has 0 aromatic heterocycles. The molecule has 1 nitrogen and oxygen atoms in total. The normalized spacial score (nSPS) is 27.6. The average Bonchev–Trinajstić information content (AvgIpc) is 2.32. The van der Waals surface area contributed by atoms with Crippen LogP contribution in [0.3, 0.4) is 0 Å². The molecule has 2 N–H and O–H groups in total. The first kappa shape index (κ1) is 15.4. The molecule has 0 saturated heterocycles. The maximum Gasteiger partial charge on any atom is 0.391 e. The van der Waals surface area contributed by atoms with Crippen LogP contribution in [-0.4, -0.2) is 11.7 Å². The summed E-state index contributed by atoms with van der Waals surface area (Å²) in [7, 11) is 0. The van der Waals surface area contributed by atoms with Gasteiger partial charge in [0, 0.05) is 5.54 Å². The monoisotopic (exact) mass is 285 g/mol. The lowest BCUT2D eigenvalue weighted by molar-refractivity contribution is -0.187. The van der Waals surface area contributed by atoms with Crippen LogP contribution in [0.15, 0.2) is 18.2 Å². The van der Waals surface area contributed by atoms with Crippen LogP contribution in [0.25, 0.3) is 0 Å². The Morgan fingerprint density at radius 2 is 2.00 bits per heavy atom. The smallest absolute Gasteiger partial charge is 0.325 e. The summed E-state index contributed by atoms with van der Waals surface area (Å²) in [4.78, 5) is 0. The number of aryl methyl sites for hydroxylation is 2. The van der Waals surface area contributed by atoms with E-state index in [1.165, 1.54) is 0 Å². The van der Waals surface area contributed by atoms with Crippen LogP contribution in [0.4, 0.5) is 13.2 Å². The third kappa shape index (κ3) is 3.54. The Bertz CT molecular complexity index is 481. The van der Waals surface area contributed by atoms with Crippen molar-refractivity contribution in [3.8, 4) is 0 Å². The zero-order chi connectivity index (χ0) is 15.0. The maximum absolute atomic E-state index is 12.9. The first-order valence-corrected chi connectivity index (χ1v) is 7.11. The highest BCUT2D eigenvalue weighted by molar-refractivity contribution is 5.32. The molecule has 1 fully saturated rings.